The minimum Gasteiger partial charge on any atom is -0.450 e. The molecule has 2 heterocycles. The van der Waals surface area contributed by atoms with Gasteiger partial charge in [0.25, 0.3) is 0 Å². The van der Waals surface area contributed by atoms with Crippen molar-refractivity contribution >= 4 is 40.2 Å². The number of nitrogens with zero attached hydrogens (tertiary/aromatic N) is 2. The Bertz CT molecular complexity index is 1750. The average molecular weight is 573 g/mol. The van der Waals surface area contributed by atoms with Crippen LogP contribution in [0.15, 0.2) is 78.9 Å². The number of hydrogen-bond acceptors (Lipinski definition) is 6. The first kappa shape index (κ1) is 27.2. The van der Waals surface area contributed by atoms with Crippen molar-refractivity contribution in [2.24, 2.45) is 23.7 Å². The summed E-state index contributed by atoms with van der Waals surface area (Å²) >= 11 is 0. The van der Waals surface area contributed by atoms with Crippen LogP contribution >= 0.6 is 0 Å². The van der Waals surface area contributed by atoms with E-state index < -0.39 is 12.1 Å². The number of fused-ring (bicyclic) bond motifs is 6. The summed E-state index contributed by atoms with van der Waals surface area (Å²) in [6, 6.07) is 23.4. The Balaban J connectivity index is 1.19. The van der Waals surface area contributed by atoms with Crippen LogP contribution in [0.25, 0.3) is 22.2 Å². The van der Waals surface area contributed by atoms with Gasteiger partial charge >= 0.3 is 5.97 Å². The number of aryl methyl sites for hydroxylation is 1. The Hall–Kier alpha value is -4.65. The van der Waals surface area contributed by atoms with Gasteiger partial charge in [0.1, 0.15) is 0 Å². The lowest BCUT2D eigenvalue weighted by Gasteiger charge is -2.19. The van der Waals surface area contributed by atoms with Crippen molar-refractivity contribution in [1.82, 2.24) is 4.98 Å². The highest BCUT2D eigenvalue weighted by molar-refractivity contribution is 6.22. The Labute approximate surface area is 249 Å². The molecule has 3 aromatic carbocycles. The van der Waals surface area contributed by atoms with Crippen LogP contribution in [0.4, 0.5) is 5.69 Å². The maximum absolute atomic E-state index is 13.6. The minimum atomic E-state index is -0.920. The van der Waals surface area contributed by atoms with Gasteiger partial charge in [-0.25, -0.2) is 9.78 Å². The first-order valence-corrected chi connectivity index (χ1v) is 15.0. The molecule has 1 aromatic heterocycles. The number of ketones is 1. The number of hydrogen-bond donors (Lipinski definition) is 0. The molecule has 1 aliphatic heterocycles. The molecule has 2 aliphatic carbocycles. The van der Waals surface area contributed by atoms with Crippen LogP contribution in [0.3, 0.4) is 0 Å². The van der Waals surface area contributed by atoms with Gasteiger partial charge in [-0.2, -0.15) is 0 Å². The molecule has 0 radical (unpaired) electrons. The molecule has 7 heteroatoms. The van der Waals surface area contributed by atoms with E-state index in [2.05, 4.69) is 0 Å². The van der Waals surface area contributed by atoms with E-state index in [0.29, 0.717) is 51.7 Å². The number of aromatic nitrogens is 1. The van der Waals surface area contributed by atoms with Gasteiger partial charge in [-0.15, -0.1) is 0 Å². The minimum absolute atomic E-state index is 0.0743. The molecule has 2 saturated carbocycles. The predicted molar refractivity (Wildman–Crippen MR) is 162 cm³/mol. The lowest BCUT2D eigenvalue weighted by Crippen LogP contribution is -2.32. The molecule has 4 aromatic rings. The van der Waals surface area contributed by atoms with Gasteiger partial charge in [0, 0.05) is 16.5 Å². The summed E-state index contributed by atoms with van der Waals surface area (Å²) in [6.07, 6.45) is 2.49. The van der Waals surface area contributed by atoms with Crippen LogP contribution in [0, 0.1) is 30.6 Å². The molecule has 7 rings (SSSR count). The van der Waals surface area contributed by atoms with E-state index in [0.717, 1.165) is 30.4 Å². The third kappa shape index (κ3) is 4.54. The van der Waals surface area contributed by atoms with Crippen molar-refractivity contribution < 1.29 is 23.9 Å². The monoisotopic (exact) mass is 572 g/mol. The number of imide groups is 1. The van der Waals surface area contributed by atoms with E-state index in [1.165, 1.54) is 4.90 Å². The van der Waals surface area contributed by atoms with Crippen molar-refractivity contribution in [1.29, 1.82) is 0 Å². The molecule has 3 fully saturated rings. The fourth-order valence-electron chi connectivity index (χ4n) is 7.40. The second-order valence-electron chi connectivity index (χ2n) is 12.1. The van der Waals surface area contributed by atoms with Crippen molar-refractivity contribution in [3.8, 4) is 11.3 Å². The number of carbonyl (C=O) groups is 4. The predicted octanol–water partition coefficient (Wildman–Crippen LogP) is 6.56. The largest absolute Gasteiger partial charge is 0.450 e. The number of esters is 1. The van der Waals surface area contributed by atoms with Crippen LogP contribution in [0.2, 0.25) is 0 Å². The summed E-state index contributed by atoms with van der Waals surface area (Å²) in [5, 5.41) is 0.641. The van der Waals surface area contributed by atoms with E-state index in [1.54, 1.807) is 42.5 Å². The molecular weight excluding hydrogens is 540 g/mol. The SMILES string of the molecule is CC[C@@H](OC(=O)c1cc(-c2ccc(N3C(=O)[C@H]4[C@@H]5CC[C@@H](C5)[C@@H]4C3=O)cc2)nc2ccc(C)cc12)C(=O)c1ccccc1. The number of amides is 2. The first-order chi connectivity index (χ1) is 20.8. The Morgan fingerprint density at radius 2 is 1.58 bits per heavy atom. The highest BCUT2D eigenvalue weighted by Gasteiger charge is 2.61. The highest BCUT2D eigenvalue weighted by Crippen LogP contribution is 2.56. The van der Waals surface area contributed by atoms with Crippen molar-refractivity contribution in [3.05, 3.63) is 95.6 Å². The highest BCUT2D eigenvalue weighted by atomic mass is 16.5. The van der Waals surface area contributed by atoms with E-state index in [1.807, 2.05) is 50.2 Å². The van der Waals surface area contributed by atoms with Gasteiger partial charge in [-0.1, -0.05) is 61.0 Å². The van der Waals surface area contributed by atoms with Crippen molar-refractivity contribution in [2.75, 3.05) is 4.90 Å². The van der Waals surface area contributed by atoms with Crippen molar-refractivity contribution in [3.63, 3.8) is 0 Å². The van der Waals surface area contributed by atoms with E-state index >= 15 is 0 Å². The molecule has 216 valence electrons. The summed E-state index contributed by atoms with van der Waals surface area (Å²) in [5.74, 6) is -0.684. The molecule has 1 saturated heterocycles. The normalized spacial score (nSPS) is 23.1. The summed E-state index contributed by atoms with van der Waals surface area (Å²) < 4.78 is 5.81. The molecule has 7 nitrogen and oxygen atoms in total. The maximum atomic E-state index is 13.6. The molecule has 5 atom stereocenters. The van der Waals surface area contributed by atoms with Gasteiger partial charge in [0.05, 0.1) is 34.3 Å². The van der Waals surface area contributed by atoms with Crippen LogP contribution in [-0.4, -0.2) is 34.7 Å². The average Bonchev–Trinajstić information content (AvgIpc) is 3.72. The second-order valence-corrected chi connectivity index (χ2v) is 12.1. The molecule has 43 heavy (non-hydrogen) atoms. The van der Waals surface area contributed by atoms with Crippen LogP contribution in [-0.2, 0) is 14.3 Å². The fourth-order valence-corrected chi connectivity index (χ4v) is 7.40. The zero-order valence-electron chi connectivity index (χ0n) is 24.2. The molecule has 2 amide bonds. The van der Waals surface area contributed by atoms with Gasteiger partial charge in [0.15, 0.2) is 6.10 Å². The summed E-state index contributed by atoms with van der Waals surface area (Å²) in [5.41, 5.74) is 4.23. The van der Waals surface area contributed by atoms with E-state index in [9.17, 15) is 19.2 Å². The molecular formula is C36H32N2O5. The summed E-state index contributed by atoms with van der Waals surface area (Å²) in [7, 11) is 0. The topological polar surface area (TPSA) is 93.6 Å². The standard InChI is InChI=1S/C36H32N2O5/c1-3-30(33(39)22-7-5-4-6-8-22)43-36(42)27-19-29(37-28-16-9-20(2)17-26(27)28)21-12-14-25(15-13-21)38-34(40)31-23-10-11-24(18-23)32(31)35(38)41/h4-9,12-17,19,23-24,30-32H,3,10-11,18H2,1-2H3/t23-,24+,30-,31+,32+/m1/s1. The second kappa shape index (κ2) is 10.6. The molecule has 0 N–H and O–H groups in total. The van der Waals surface area contributed by atoms with Gasteiger partial charge in [0.2, 0.25) is 17.6 Å². The number of benzene rings is 3. The van der Waals surface area contributed by atoms with Crippen molar-refractivity contribution in [2.45, 2.75) is 45.6 Å². The Morgan fingerprint density at radius 3 is 2.23 bits per heavy atom. The number of anilines is 1. The smallest absolute Gasteiger partial charge is 0.339 e. The van der Waals surface area contributed by atoms with E-state index in [4.69, 9.17) is 9.72 Å². The van der Waals surface area contributed by atoms with Gasteiger partial charge in [-0.3, -0.25) is 19.3 Å². The van der Waals surface area contributed by atoms with Gasteiger partial charge in [-0.05, 0) is 74.8 Å². The fraction of sp³-hybridized carbons (Fsp3) is 0.306. The molecule has 3 aliphatic rings. The number of Topliss-reactive ketones (excluding diaryl/α,β-unsaturated/α-hetero) is 1. The van der Waals surface area contributed by atoms with Crippen LogP contribution in [0.1, 0.15) is 58.9 Å². The molecule has 0 unspecified atom stereocenters. The summed E-state index contributed by atoms with van der Waals surface area (Å²) in [6.45, 7) is 3.75. The number of pyridine rings is 1. The van der Waals surface area contributed by atoms with Crippen LogP contribution < -0.4 is 4.90 Å². The van der Waals surface area contributed by atoms with Crippen LogP contribution in [0.5, 0.6) is 0 Å². The van der Waals surface area contributed by atoms with Gasteiger partial charge < -0.3 is 4.74 Å². The lowest BCUT2D eigenvalue weighted by atomic mass is 9.81. The number of rotatable bonds is 7. The molecule has 0 spiro atoms. The zero-order valence-corrected chi connectivity index (χ0v) is 24.2. The number of ether oxygens (including phenoxy) is 1. The number of carbonyl (C=O) groups excluding carboxylic acids is 4. The Kier molecular flexibility index (Phi) is 6.68. The zero-order chi connectivity index (χ0) is 29.8. The molecule has 2 bridgehead atoms. The quantitative estimate of drug-likeness (QED) is 0.141. The third-order valence-corrected chi connectivity index (χ3v) is 9.50. The summed E-state index contributed by atoms with van der Waals surface area (Å²) in [4.78, 5) is 59.5. The van der Waals surface area contributed by atoms with E-state index in [-0.39, 0.29) is 29.4 Å². The Morgan fingerprint density at radius 1 is 0.907 bits per heavy atom. The lowest BCUT2D eigenvalue weighted by molar-refractivity contribution is -0.123. The first-order valence-electron chi connectivity index (χ1n) is 15.0. The maximum Gasteiger partial charge on any atom is 0.339 e. The third-order valence-electron chi connectivity index (χ3n) is 9.50.